The lowest BCUT2D eigenvalue weighted by molar-refractivity contribution is -0.119. The van der Waals surface area contributed by atoms with Gasteiger partial charge in [0, 0.05) is 4.47 Å². The van der Waals surface area contributed by atoms with Crippen LogP contribution in [0, 0.1) is 0 Å². The van der Waals surface area contributed by atoms with Crippen LogP contribution in [0.25, 0.3) is 0 Å². The second-order valence-electron chi connectivity index (χ2n) is 6.64. The number of para-hydroxylation sites is 1. The van der Waals surface area contributed by atoms with Gasteiger partial charge in [-0.1, -0.05) is 24.3 Å². The lowest BCUT2D eigenvalue weighted by atomic mass is 10.1. The number of carbonyl (C=O) groups excluding carboxylic acids is 4. The van der Waals surface area contributed by atoms with Crippen molar-refractivity contribution in [3.63, 3.8) is 0 Å². The number of fused-ring (bicyclic) bond motifs is 1. The predicted octanol–water partition coefficient (Wildman–Crippen LogP) is 4.05. The third-order valence-electron chi connectivity index (χ3n) is 4.64. The molecule has 1 N–H and O–H groups in total. The van der Waals surface area contributed by atoms with Gasteiger partial charge in [0.1, 0.15) is 0 Å². The number of hydrogen-bond donors (Lipinski definition) is 1. The van der Waals surface area contributed by atoms with Crippen LogP contribution in [0.5, 0.6) is 0 Å². The molecule has 3 aromatic rings. The Labute approximate surface area is 185 Å². The molecule has 0 aromatic heterocycles. The van der Waals surface area contributed by atoms with Crippen molar-refractivity contribution in [2.24, 2.45) is 0 Å². The molecule has 0 radical (unpaired) electrons. The Morgan fingerprint density at radius 3 is 2.03 bits per heavy atom. The number of carbonyl (C=O) groups is 4. The normalized spacial score (nSPS) is 12.5. The van der Waals surface area contributed by atoms with E-state index in [1.807, 2.05) is 6.07 Å². The summed E-state index contributed by atoms with van der Waals surface area (Å²) in [5, 5.41) is 2.64. The summed E-state index contributed by atoms with van der Waals surface area (Å²) in [5.41, 5.74) is 1.77. The standard InChI is InChI=1S/C23H15BrN2O5/c24-18-7-3-4-8-19(18)25-20(27)13-31-23(30)14-9-11-15(12-10-14)26-21(28)16-5-1-2-6-17(16)22(26)29/h1-12H,13H2,(H,25,27). The zero-order chi connectivity index (χ0) is 22.0. The fourth-order valence-corrected chi connectivity index (χ4v) is 3.52. The minimum atomic E-state index is -0.698. The number of hydrogen-bond acceptors (Lipinski definition) is 5. The van der Waals surface area contributed by atoms with Crippen molar-refractivity contribution in [2.45, 2.75) is 0 Å². The third-order valence-corrected chi connectivity index (χ3v) is 5.33. The van der Waals surface area contributed by atoms with E-state index in [0.29, 0.717) is 27.0 Å². The first-order valence-electron chi connectivity index (χ1n) is 9.25. The summed E-state index contributed by atoms with van der Waals surface area (Å²) < 4.78 is 5.75. The first kappa shape index (κ1) is 20.5. The minimum Gasteiger partial charge on any atom is -0.452 e. The van der Waals surface area contributed by atoms with E-state index in [-0.39, 0.29) is 5.56 Å². The van der Waals surface area contributed by atoms with E-state index >= 15 is 0 Å². The number of amides is 3. The average molecular weight is 479 g/mol. The van der Waals surface area contributed by atoms with Gasteiger partial charge in [0.25, 0.3) is 17.7 Å². The molecule has 3 aromatic carbocycles. The van der Waals surface area contributed by atoms with Crippen LogP contribution in [0.4, 0.5) is 11.4 Å². The summed E-state index contributed by atoms with van der Waals surface area (Å²) in [6.07, 6.45) is 0. The van der Waals surface area contributed by atoms with E-state index in [4.69, 9.17) is 4.74 Å². The van der Waals surface area contributed by atoms with Crippen molar-refractivity contribution < 1.29 is 23.9 Å². The molecule has 1 heterocycles. The topological polar surface area (TPSA) is 92.8 Å². The van der Waals surface area contributed by atoms with E-state index < -0.39 is 30.3 Å². The fraction of sp³-hybridized carbons (Fsp3) is 0.0435. The fourth-order valence-electron chi connectivity index (χ4n) is 3.13. The molecule has 154 valence electrons. The molecule has 31 heavy (non-hydrogen) atoms. The molecule has 0 bridgehead atoms. The molecule has 0 saturated heterocycles. The molecule has 4 rings (SSSR count). The van der Waals surface area contributed by atoms with Gasteiger partial charge in [-0.15, -0.1) is 0 Å². The lowest BCUT2D eigenvalue weighted by Gasteiger charge is -2.14. The van der Waals surface area contributed by atoms with Crippen LogP contribution in [0.15, 0.2) is 77.3 Å². The van der Waals surface area contributed by atoms with Crippen LogP contribution in [0.1, 0.15) is 31.1 Å². The Bertz CT molecular complexity index is 1170. The van der Waals surface area contributed by atoms with E-state index in [0.717, 1.165) is 4.90 Å². The smallest absolute Gasteiger partial charge is 0.338 e. The first-order chi connectivity index (χ1) is 15.0. The van der Waals surface area contributed by atoms with Gasteiger partial charge < -0.3 is 10.1 Å². The highest BCUT2D eigenvalue weighted by molar-refractivity contribution is 9.10. The maximum Gasteiger partial charge on any atom is 0.338 e. The average Bonchev–Trinajstić information content (AvgIpc) is 3.04. The molecule has 7 nitrogen and oxygen atoms in total. The van der Waals surface area contributed by atoms with Crippen LogP contribution < -0.4 is 10.2 Å². The highest BCUT2D eigenvalue weighted by atomic mass is 79.9. The zero-order valence-electron chi connectivity index (χ0n) is 16.0. The Balaban J connectivity index is 1.39. The molecule has 0 unspecified atom stereocenters. The minimum absolute atomic E-state index is 0.189. The first-order valence-corrected chi connectivity index (χ1v) is 10.0. The summed E-state index contributed by atoms with van der Waals surface area (Å²) in [4.78, 5) is 50.4. The predicted molar refractivity (Wildman–Crippen MR) is 117 cm³/mol. The van der Waals surface area contributed by atoms with Crippen molar-refractivity contribution >= 4 is 51.0 Å². The maximum absolute atomic E-state index is 12.5. The Morgan fingerprint density at radius 1 is 0.839 bits per heavy atom. The lowest BCUT2D eigenvalue weighted by Crippen LogP contribution is -2.29. The van der Waals surface area contributed by atoms with Gasteiger partial charge >= 0.3 is 5.97 Å². The van der Waals surface area contributed by atoms with E-state index in [9.17, 15) is 19.2 Å². The summed E-state index contributed by atoms with van der Waals surface area (Å²) in [6.45, 7) is -0.458. The Morgan fingerprint density at radius 2 is 1.42 bits per heavy atom. The van der Waals surface area contributed by atoms with Gasteiger partial charge in [0.05, 0.1) is 28.1 Å². The van der Waals surface area contributed by atoms with Crippen molar-refractivity contribution in [1.82, 2.24) is 0 Å². The molecule has 0 atom stereocenters. The highest BCUT2D eigenvalue weighted by Gasteiger charge is 2.36. The molecule has 0 fully saturated rings. The molecule has 0 saturated carbocycles. The van der Waals surface area contributed by atoms with Crippen molar-refractivity contribution in [1.29, 1.82) is 0 Å². The van der Waals surface area contributed by atoms with Gasteiger partial charge in [-0.25, -0.2) is 9.69 Å². The van der Waals surface area contributed by atoms with Crippen LogP contribution in [-0.4, -0.2) is 30.3 Å². The van der Waals surface area contributed by atoms with Crippen LogP contribution in [-0.2, 0) is 9.53 Å². The number of rotatable bonds is 5. The van der Waals surface area contributed by atoms with Crippen LogP contribution in [0.3, 0.4) is 0 Å². The molecular weight excluding hydrogens is 464 g/mol. The summed E-state index contributed by atoms with van der Waals surface area (Å²) in [6, 6.07) is 19.5. The monoisotopic (exact) mass is 478 g/mol. The maximum atomic E-state index is 12.5. The van der Waals surface area contributed by atoms with E-state index in [2.05, 4.69) is 21.2 Å². The number of halogens is 1. The second-order valence-corrected chi connectivity index (χ2v) is 7.50. The van der Waals surface area contributed by atoms with Gasteiger partial charge in [0.2, 0.25) is 0 Å². The van der Waals surface area contributed by atoms with Gasteiger partial charge in [-0.3, -0.25) is 14.4 Å². The Hall–Kier alpha value is -3.78. The van der Waals surface area contributed by atoms with E-state index in [1.54, 1.807) is 42.5 Å². The van der Waals surface area contributed by atoms with Crippen molar-refractivity contribution in [3.8, 4) is 0 Å². The Kier molecular flexibility index (Phi) is 5.64. The van der Waals surface area contributed by atoms with Gasteiger partial charge in [-0.05, 0) is 64.5 Å². The third kappa shape index (κ3) is 4.10. The van der Waals surface area contributed by atoms with Crippen molar-refractivity contribution in [3.05, 3.63) is 94.0 Å². The molecule has 0 spiro atoms. The quantitative estimate of drug-likeness (QED) is 0.441. The molecule has 0 aliphatic carbocycles. The number of nitrogens with one attached hydrogen (secondary N) is 1. The molecule has 1 aliphatic rings. The molecule has 8 heteroatoms. The SMILES string of the molecule is O=C(COC(=O)c1ccc(N2C(=O)c3ccccc3C2=O)cc1)Nc1ccccc1Br. The molecule has 3 amide bonds. The van der Waals surface area contributed by atoms with Crippen LogP contribution >= 0.6 is 15.9 Å². The van der Waals surface area contributed by atoms with Gasteiger partial charge in [-0.2, -0.15) is 0 Å². The summed E-state index contributed by atoms with van der Waals surface area (Å²) in [5.74, 6) is -2.02. The number of imide groups is 1. The highest BCUT2D eigenvalue weighted by Crippen LogP contribution is 2.28. The van der Waals surface area contributed by atoms with Crippen LogP contribution in [0.2, 0.25) is 0 Å². The number of benzene rings is 3. The number of anilines is 2. The van der Waals surface area contributed by atoms with Gasteiger partial charge in [0.15, 0.2) is 6.61 Å². The largest absolute Gasteiger partial charge is 0.452 e. The molecule has 1 aliphatic heterocycles. The summed E-state index contributed by atoms with van der Waals surface area (Å²) >= 11 is 3.32. The molecular formula is C23H15BrN2O5. The van der Waals surface area contributed by atoms with E-state index in [1.165, 1.54) is 24.3 Å². The zero-order valence-corrected chi connectivity index (χ0v) is 17.6. The number of nitrogens with zero attached hydrogens (tertiary/aromatic N) is 1. The number of ether oxygens (including phenoxy) is 1. The summed E-state index contributed by atoms with van der Waals surface area (Å²) in [7, 11) is 0. The van der Waals surface area contributed by atoms with Crippen molar-refractivity contribution in [2.75, 3.05) is 16.8 Å². The second kappa shape index (κ2) is 8.53. The number of esters is 1.